The highest BCUT2D eigenvalue weighted by Gasteiger charge is 2.32. The Morgan fingerprint density at radius 2 is 2.03 bits per heavy atom. The summed E-state index contributed by atoms with van der Waals surface area (Å²) in [6.45, 7) is 5.68. The third kappa shape index (κ3) is 5.83. The molecule has 31 heavy (non-hydrogen) atoms. The zero-order valence-electron chi connectivity index (χ0n) is 16.3. The van der Waals surface area contributed by atoms with E-state index in [1.165, 1.54) is 12.1 Å². The maximum atomic E-state index is 12.3. The molecule has 0 spiro atoms. The fraction of sp³-hybridized carbons (Fsp3) is 0.150. The number of anilines is 1. The zero-order valence-corrected chi connectivity index (χ0v) is 17.9. The van der Waals surface area contributed by atoms with Crippen LogP contribution < -0.4 is 16.1 Å². The van der Waals surface area contributed by atoms with Gasteiger partial charge in [-0.2, -0.15) is 0 Å². The van der Waals surface area contributed by atoms with Crippen LogP contribution in [0.1, 0.15) is 17.5 Å². The molecule has 3 rings (SSSR count). The van der Waals surface area contributed by atoms with Crippen molar-refractivity contribution >= 4 is 57.4 Å². The molecular formula is C20H18ClN5O4S. The molecule has 160 valence electrons. The molecule has 0 bridgehead atoms. The first-order valence-electron chi connectivity index (χ1n) is 9.04. The normalized spacial score (nSPS) is 16.6. The summed E-state index contributed by atoms with van der Waals surface area (Å²) in [6.07, 6.45) is -0.0374. The van der Waals surface area contributed by atoms with Crippen LogP contribution in [0.2, 0.25) is 5.02 Å². The third-order valence-corrected chi connectivity index (χ3v) is 5.81. The van der Waals surface area contributed by atoms with Gasteiger partial charge in [-0.25, -0.2) is 0 Å². The molecule has 1 fully saturated rings. The van der Waals surface area contributed by atoms with Crippen molar-refractivity contribution in [3.05, 3.63) is 75.3 Å². The highest BCUT2D eigenvalue weighted by molar-refractivity contribution is 8.15. The molecule has 1 heterocycles. The quantitative estimate of drug-likeness (QED) is 0.428. The molecule has 11 heteroatoms. The minimum absolute atomic E-state index is 0.0319. The van der Waals surface area contributed by atoms with Gasteiger partial charge in [0.1, 0.15) is 5.25 Å². The summed E-state index contributed by atoms with van der Waals surface area (Å²) in [5.74, 6) is -0.652. The topological polar surface area (TPSA) is 126 Å². The number of amides is 2. The minimum atomic E-state index is -0.630. The van der Waals surface area contributed by atoms with E-state index in [1.807, 2.05) is 6.92 Å². The van der Waals surface area contributed by atoms with Gasteiger partial charge in [-0.15, -0.1) is 5.10 Å². The predicted molar refractivity (Wildman–Crippen MR) is 122 cm³/mol. The standard InChI is InChI=1S/C20H18ClN5O4S/c1-11-3-6-14(9-16(11)21)22-18(27)10-17-19(28)23-20(31-17)25-24-12(2)13-4-7-15(8-5-13)26(29)30/h3-9,17,24H,2,10H2,1H3,(H,22,27)(H,23,25,28)/t17-/m0/s1. The monoisotopic (exact) mass is 459 g/mol. The number of aryl methyl sites for hydroxylation is 1. The first-order valence-corrected chi connectivity index (χ1v) is 10.3. The number of hydrogen-bond acceptors (Lipinski definition) is 7. The van der Waals surface area contributed by atoms with E-state index < -0.39 is 10.2 Å². The molecular weight excluding hydrogens is 442 g/mol. The average Bonchev–Trinajstić information content (AvgIpc) is 3.08. The first kappa shape index (κ1) is 22.3. The SMILES string of the molecule is C=C(N/N=C1\NC(=O)[C@H](CC(=O)Nc2ccc(C)c(Cl)c2)S1)c1ccc([N+](=O)[O-])cc1. The molecule has 1 aliphatic rings. The maximum Gasteiger partial charge on any atom is 0.269 e. The smallest absolute Gasteiger partial charge is 0.269 e. The van der Waals surface area contributed by atoms with Gasteiger partial charge in [0.2, 0.25) is 11.8 Å². The molecule has 0 saturated carbocycles. The second-order valence-corrected chi connectivity index (χ2v) is 8.22. The van der Waals surface area contributed by atoms with Crippen molar-refractivity contribution < 1.29 is 14.5 Å². The molecule has 0 aliphatic carbocycles. The van der Waals surface area contributed by atoms with Crippen molar-refractivity contribution in [3.63, 3.8) is 0 Å². The number of hydrogen-bond donors (Lipinski definition) is 3. The lowest BCUT2D eigenvalue weighted by molar-refractivity contribution is -0.384. The molecule has 0 radical (unpaired) electrons. The summed E-state index contributed by atoms with van der Waals surface area (Å²) >= 11 is 7.17. The highest BCUT2D eigenvalue weighted by Crippen LogP contribution is 2.24. The third-order valence-electron chi connectivity index (χ3n) is 4.32. The molecule has 1 atom stereocenters. The number of thioether (sulfide) groups is 1. The Kier molecular flexibility index (Phi) is 6.93. The molecule has 1 aliphatic heterocycles. The van der Waals surface area contributed by atoms with E-state index in [9.17, 15) is 19.7 Å². The molecule has 9 nitrogen and oxygen atoms in total. The highest BCUT2D eigenvalue weighted by atomic mass is 35.5. The van der Waals surface area contributed by atoms with Crippen molar-refractivity contribution in [2.24, 2.45) is 5.10 Å². The molecule has 3 N–H and O–H groups in total. The van der Waals surface area contributed by atoms with Crippen molar-refractivity contribution in [2.45, 2.75) is 18.6 Å². The number of nitrogens with zero attached hydrogens (tertiary/aromatic N) is 2. The minimum Gasteiger partial charge on any atom is -0.326 e. The lowest BCUT2D eigenvalue weighted by Crippen LogP contribution is -2.28. The second-order valence-electron chi connectivity index (χ2n) is 6.62. The van der Waals surface area contributed by atoms with E-state index in [0.29, 0.717) is 27.1 Å². The number of benzene rings is 2. The number of non-ortho nitro benzene ring substituents is 1. The van der Waals surface area contributed by atoms with Gasteiger partial charge in [0.15, 0.2) is 5.17 Å². The van der Waals surface area contributed by atoms with Gasteiger partial charge in [0.25, 0.3) is 5.69 Å². The number of carbonyl (C=O) groups is 2. The van der Waals surface area contributed by atoms with E-state index in [1.54, 1.807) is 30.3 Å². The Morgan fingerprint density at radius 1 is 1.32 bits per heavy atom. The Morgan fingerprint density at radius 3 is 2.68 bits per heavy atom. The van der Waals surface area contributed by atoms with Gasteiger partial charge in [0, 0.05) is 29.3 Å². The van der Waals surface area contributed by atoms with Crippen molar-refractivity contribution in [3.8, 4) is 0 Å². The Balaban J connectivity index is 1.54. The van der Waals surface area contributed by atoms with Gasteiger partial charge >= 0.3 is 0 Å². The number of amidine groups is 1. The molecule has 0 aromatic heterocycles. The number of halogens is 1. The summed E-state index contributed by atoms with van der Waals surface area (Å²) in [5, 5.41) is 20.3. The number of hydrazone groups is 1. The molecule has 0 unspecified atom stereocenters. The van der Waals surface area contributed by atoms with E-state index in [-0.39, 0.29) is 23.9 Å². The molecule has 2 aromatic carbocycles. The van der Waals surface area contributed by atoms with Crippen LogP contribution in [0.5, 0.6) is 0 Å². The fourth-order valence-electron chi connectivity index (χ4n) is 2.61. The Bertz CT molecular complexity index is 1090. The van der Waals surface area contributed by atoms with Crippen LogP contribution >= 0.6 is 23.4 Å². The Labute approximate surface area is 187 Å². The summed E-state index contributed by atoms with van der Waals surface area (Å²) in [4.78, 5) is 34.7. The second kappa shape index (κ2) is 9.63. The number of rotatable bonds is 7. The first-order chi connectivity index (χ1) is 14.7. The lowest BCUT2D eigenvalue weighted by atomic mass is 10.1. The summed E-state index contributed by atoms with van der Waals surface area (Å²) < 4.78 is 0. The van der Waals surface area contributed by atoms with Crippen LogP contribution in [0.15, 0.2) is 54.1 Å². The predicted octanol–water partition coefficient (Wildman–Crippen LogP) is 3.65. The fourth-order valence-corrected chi connectivity index (χ4v) is 3.72. The average molecular weight is 460 g/mol. The van der Waals surface area contributed by atoms with Crippen LogP contribution in [0.4, 0.5) is 11.4 Å². The maximum absolute atomic E-state index is 12.3. The van der Waals surface area contributed by atoms with Gasteiger partial charge in [-0.05, 0) is 42.3 Å². The molecule has 2 aromatic rings. The van der Waals surface area contributed by atoms with Gasteiger partial charge in [0.05, 0.1) is 10.6 Å². The number of carbonyl (C=O) groups excluding carboxylic acids is 2. The zero-order chi connectivity index (χ0) is 22.5. The summed E-state index contributed by atoms with van der Waals surface area (Å²) in [5.41, 5.74) is 5.13. The van der Waals surface area contributed by atoms with Gasteiger partial charge in [-0.1, -0.05) is 36.0 Å². The van der Waals surface area contributed by atoms with Crippen LogP contribution in [0, 0.1) is 17.0 Å². The van der Waals surface area contributed by atoms with Crippen LogP contribution in [0.3, 0.4) is 0 Å². The number of nitrogens with one attached hydrogen (secondary N) is 3. The van der Waals surface area contributed by atoms with Crippen molar-refractivity contribution in [1.29, 1.82) is 0 Å². The van der Waals surface area contributed by atoms with Crippen molar-refractivity contribution in [1.82, 2.24) is 10.7 Å². The van der Waals surface area contributed by atoms with E-state index in [4.69, 9.17) is 11.6 Å². The van der Waals surface area contributed by atoms with Gasteiger partial charge < -0.3 is 10.6 Å². The lowest BCUT2D eigenvalue weighted by Gasteiger charge is -2.08. The molecule has 2 amide bonds. The largest absolute Gasteiger partial charge is 0.326 e. The van der Waals surface area contributed by atoms with Crippen LogP contribution in [0.25, 0.3) is 5.70 Å². The summed E-state index contributed by atoms with van der Waals surface area (Å²) in [7, 11) is 0. The van der Waals surface area contributed by atoms with Crippen LogP contribution in [-0.2, 0) is 9.59 Å². The van der Waals surface area contributed by atoms with Crippen molar-refractivity contribution in [2.75, 3.05) is 5.32 Å². The number of nitro benzene ring substituents is 1. The Hall–Kier alpha value is -3.37. The van der Waals surface area contributed by atoms with E-state index >= 15 is 0 Å². The van der Waals surface area contributed by atoms with E-state index in [2.05, 4.69) is 27.7 Å². The summed E-state index contributed by atoms with van der Waals surface area (Å²) in [6, 6.07) is 11.0. The number of nitro groups is 1. The molecule has 1 saturated heterocycles. The van der Waals surface area contributed by atoms with E-state index in [0.717, 1.165) is 17.3 Å². The van der Waals surface area contributed by atoms with Crippen LogP contribution in [-0.4, -0.2) is 27.2 Å². The van der Waals surface area contributed by atoms with Gasteiger partial charge in [-0.3, -0.25) is 25.1 Å².